The normalized spacial score (nSPS) is 15.2. The molecule has 0 saturated carbocycles. The third-order valence-corrected chi connectivity index (χ3v) is 7.70. The van der Waals surface area contributed by atoms with E-state index in [1.165, 1.54) is 6.08 Å². The predicted molar refractivity (Wildman–Crippen MR) is 103 cm³/mol. The van der Waals surface area contributed by atoms with Crippen molar-refractivity contribution in [3.05, 3.63) is 12.7 Å². The molecule has 0 aromatic rings. The molecule has 0 heterocycles. The van der Waals surface area contributed by atoms with Gasteiger partial charge in [-0.25, -0.2) is 4.79 Å². The van der Waals surface area contributed by atoms with Gasteiger partial charge in [0.1, 0.15) is 0 Å². The Morgan fingerprint density at radius 1 is 1.17 bits per heavy atom. The molecule has 0 aromatic heterocycles. The molecule has 2 atom stereocenters. The molecule has 0 radical (unpaired) electrons. The maximum Gasteiger partial charge on any atom is 0.316 e. The number of hydrogen-bond donors (Lipinski definition) is 1. The molecule has 0 saturated heterocycles. The lowest BCUT2D eigenvalue weighted by atomic mass is 10.5. The first-order chi connectivity index (χ1) is 10.9. The van der Waals surface area contributed by atoms with Crippen LogP contribution in [0, 0.1) is 0 Å². The molecular weight excluding hydrogens is 360 g/mol. The maximum absolute atomic E-state index is 11.8. The molecule has 24 heavy (non-hydrogen) atoms. The molecule has 1 N–H and O–H groups in total. The second-order valence-electron chi connectivity index (χ2n) is 7.65. The number of hydrogen-bond acceptors (Lipinski definition) is 6. The number of ether oxygens (including phenoxy) is 1. The first-order valence-electron chi connectivity index (χ1n) is 8.29. The average molecular weight is 395 g/mol. The second kappa shape index (κ2) is 10.6. The molecule has 142 valence electrons. The van der Waals surface area contributed by atoms with Gasteiger partial charge in [-0.2, -0.15) is 0 Å². The van der Waals surface area contributed by atoms with Crippen LogP contribution in [-0.4, -0.2) is 62.0 Å². The van der Waals surface area contributed by atoms with Crippen LogP contribution in [0.2, 0.25) is 45.3 Å². The highest BCUT2D eigenvalue weighted by molar-refractivity contribution is 6.72. The summed E-state index contributed by atoms with van der Waals surface area (Å²) in [6.45, 7) is 18.1. The Morgan fingerprint density at radius 3 is 2.04 bits per heavy atom. The average Bonchev–Trinajstić information content (AvgIpc) is 2.40. The fraction of sp³-hybridized carbons (Fsp3) is 0.800. The Hall–Kier alpha value is -0.299. The molecule has 9 heteroatoms. The molecule has 2 unspecified atom stereocenters. The number of aliphatic hydroxyl groups is 1. The van der Waals surface area contributed by atoms with Crippen molar-refractivity contribution in [1.29, 1.82) is 0 Å². The van der Waals surface area contributed by atoms with Crippen LogP contribution in [0.15, 0.2) is 12.7 Å². The van der Waals surface area contributed by atoms with Crippen LogP contribution in [0.1, 0.15) is 6.92 Å². The van der Waals surface area contributed by atoms with E-state index in [0.29, 0.717) is 6.04 Å². The molecule has 0 aliphatic heterocycles. The summed E-state index contributed by atoms with van der Waals surface area (Å²) in [5, 5.41) is 8.90. The van der Waals surface area contributed by atoms with Gasteiger partial charge in [0, 0.05) is 12.1 Å². The van der Waals surface area contributed by atoms with Crippen LogP contribution in [-0.2, 0) is 22.8 Å². The van der Waals surface area contributed by atoms with Gasteiger partial charge in [0.25, 0.3) is 9.04 Å². The summed E-state index contributed by atoms with van der Waals surface area (Å²) in [4.78, 5) is 11.8. The maximum atomic E-state index is 11.8. The van der Waals surface area contributed by atoms with Crippen molar-refractivity contribution >= 4 is 31.6 Å². The summed E-state index contributed by atoms with van der Waals surface area (Å²) in [6.07, 6.45) is 1.02. The van der Waals surface area contributed by atoms with E-state index in [1.807, 2.05) is 6.92 Å². The van der Waals surface area contributed by atoms with Gasteiger partial charge in [-0.3, -0.25) is 0 Å². The summed E-state index contributed by atoms with van der Waals surface area (Å²) in [7, 11) is -6.00. The van der Waals surface area contributed by atoms with Crippen LogP contribution in [0.25, 0.3) is 0 Å². The lowest BCUT2D eigenvalue weighted by molar-refractivity contribution is -0.130. The van der Waals surface area contributed by atoms with Gasteiger partial charge in [0.2, 0.25) is 0 Å². The minimum Gasteiger partial charge on any atom is -0.513 e. The quantitative estimate of drug-likeness (QED) is 0.311. The fourth-order valence-electron chi connectivity index (χ4n) is 1.93. The Balaban J connectivity index is 5.28. The van der Waals surface area contributed by atoms with Crippen LogP contribution in [0.4, 0.5) is 0 Å². The third-order valence-electron chi connectivity index (χ3n) is 2.74. The van der Waals surface area contributed by atoms with Crippen molar-refractivity contribution < 1.29 is 27.9 Å². The van der Waals surface area contributed by atoms with E-state index in [2.05, 4.69) is 45.9 Å². The summed E-state index contributed by atoms with van der Waals surface area (Å²) >= 11 is 0. The SMILES string of the molecule is C=CC(=O)O[SiH](CC(C)OCCO)C(O[Si](C)(C)C)O[Si](C)(C)C. The zero-order chi connectivity index (χ0) is 19.0. The Bertz CT molecular complexity index is 376. The highest BCUT2D eigenvalue weighted by atomic mass is 28.4. The van der Waals surface area contributed by atoms with Crippen molar-refractivity contribution in [2.24, 2.45) is 0 Å². The molecule has 0 fully saturated rings. The minimum atomic E-state index is -2.23. The van der Waals surface area contributed by atoms with Gasteiger partial charge in [0.05, 0.1) is 19.3 Å². The van der Waals surface area contributed by atoms with Gasteiger partial charge < -0.3 is 23.1 Å². The first kappa shape index (κ1) is 23.7. The Kier molecular flexibility index (Phi) is 10.5. The molecule has 0 rings (SSSR count). The third kappa shape index (κ3) is 12.1. The molecule has 0 amide bonds. The van der Waals surface area contributed by atoms with Crippen molar-refractivity contribution in [1.82, 2.24) is 0 Å². The molecule has 0 bridgehead atoms. The topological polar surface area (TPSA) is 74.2 Å². The molecule has 0 spiro atoms. The fourth-order valence-corrected chi connectivity index (χ4v) is 8.80. The van der Waals surface area contributed by atoms with E-state index in [0.717, 1.165) is 0 Å². The van der Waals surface area contributed by atoms with Crippen LogP contribution in [0.3, 0.4) is 0 Å². The summed E-state index contributed by atoms with van der Waals surface area (Å²) in [6, 6.07) is 0.555. The largest absolute Gasteiger partial charge is 0.513 e. The first-order valence-corrected chi connectivity index (χ1v) is 17.1. The molecule has 0 aliphatic rings. The highest BCUT2D eigenvalue weighted by Crippen LogP contribution is 2.20. The zero-order valence-electron chi connectivity index (χ0n) is 16.1. The monoisotopic (exact) mass is 394 g/mol. The van der Waals surface area contributed by atoms with Crippen LogP contribution in [0.5, 0.6) is 0 Å². The van der Waals surface area contributed by atoms with Gasteiger partial charge in [-0.15, -0.1) is 0 Å². The van der Waals surface area contributed by atoms with E-state index in [-0.39, 0.29) is 19.3 Å². The smallest absolute Gasteiger partial charge is 0.316 e. The Labute approximate surface area is 150 Å². The van der Waals surface area contributed by atoms with E-state index < -0.39 is 37.6 Å². The lowest BCUT2D eigenvalue weighted by Gasteiger charge is -2.35. The number of carbonyl (C=O) groups is 1. The highest BCUT2D eigenvalue weighted by Gasteiger charge is 2.37. The van der Waals surface area contributed by atoms with E-state index in [9.17, 15) is 4.79 Å². The van der Waals surface area contributed by atoms with E-state index >= 15 is 0 Å². The zero-order valence-corrected chi connectivity index (χ0v) is 19.3. The molecular formula is C15H34O6Si3. The molecule has 0 aliphatic carbocycles. The number of carbonyl (C=O) groups excluding carboxylic acids is 1. The summed E-state index contributed by atoms with van der Waals surface area (Å²) < 4.78 is 23.6. The number of aliphatic hydroxyl groups excluding tert-OH is 1. The molecule has 0 aromatic carbocycles. The lowest BCUT2D eigenvalue weighted by Crippen LogP contribution is -2.50. The standard InChI is InChI=1S/C15H34O6Si3/c1-9-14(17)19-22(12-13(2)18-11-10-16)15(20-23(3,4)5)21-24(6,7)8/h9,13,15-16,22H,1,10-12H2,2-8H3. The van der Waals surface area contributed by atoms with Gasteiger partial charge in [0.15, 0.2) is 22.5 Å². The van der Waals surface area contributed by atoms with Crippen LogP contribution < -0.4 is 0 Å². The number of rotatable bonds is 12. The van der Waals surface area contributed by atoms with Crippen molar-refractivity contribution in [2.75, 3.05) is 13.2 Å². The Morgan fingerprint density at radius 2 is 1.67 bits per heavy atom. The minimum absolute atomic E-state index is 0.0384. The predicted octanol–water partition coefficient (Wildman–Crippen LogP) is 2.41. The van der Waals surface area contributed by atoms with Gasteiger partial charge in [-0.05, 0) is 46.2 Å². The van der Waals surface area contributed by atoms with Crippen molar-refractivity contribution in [3.8, 4) is 0 Å². The second-order valence-corrected chi connectivity index (χ2v) is 18.9. The summed E-state index contributed by atoms with van der Waals surface area (Å²) in [5.74, 6) is -0.947. The van der Waals surface area contributed by atoms with Gasteiger partial charge in [-0.1, -0.05) is 6.58 Å². The molecule has 6 nitrogen and oxygen atoms in total. The van der Waals surface area contributed by atoms with E-state index in [4.69, 9.17) is 23.1 Å². The van der Waals surface area contributed by atoms with Gasteiger partial charge >= 0.3 is 5.97 Å². The van der Waals surface area contributed by atoms with Crippen molar-refractivity contribution in [2.45, 2.75) is 64.3 Å². The summed E-state index contributed by atoms with van der Waals surface area (Å²) in [5.41, 5.74) is 0. The van der Waals surface area contributed by atoms with Crippen molar-refractivity contribution in [3.63, 3.8) is 0 Å². The van der Waals surface area contributed by atoms with Crippen LogP contribution >= 0.6 is 0 Å². The van der Waals surface area contributed by atoms with E-state index in [1.54, 1.807) is 0 Å².